The lowest BCUT2D eigenvalue weighted by Gasteiger charge is -2.08. The van der Waals surface area contributed by atoms with E-state index in [0.29, 0.717) is 6.04 Å². The maximum Gasteiger partial charge on any atom is 0.107 e. The zero-order chi connectivity index (χ0) is 13.4. The first-order valence-corrected chi connectivity index (χ1v) is 7.51. The molecular weight excluding hydrogens is 302 g/mol. The Hall–Kier alpha value is -1.13. The highest BCUT2D eigenvalue weighted by molar-refractivity contribution is 9.10. The summed E-state index contributed by atoms with van der Waals surface area (Å²) in [6, 6.07) is 6.89. The molecule has 2 heterocycles. The summed E-state index contributed by atoms with van der Waals surface area (Å²) in [5.74, 6) is 0. The van der Waals surface area contributed by atoms with Gasteiger partial charge in [0.1, 0.15) is 5.69 Å². The zero-order valence-electron chi connectivity index (χ0n) is 11.3. The number of aromatic nitrogens is 2. The third kappa shape index (κ3) is 2.35. The van der Waals surface area contributed by atoms with Crippen LogP contribution in [0, 0.1) is 13.8 Å². The molecule has 1 fully saturated rings. The lowest BCUT2D eigenvalue weighted by molar-refractivity contribution is 0.623. The van der Waals surface area contributed by atoms with Crippen molar-refractivity contribution in [2.75, 3.05) is 6.54 Å². The third-order valence-corrected chi connectivity index (χ3v) is 4.59. The van der Waals surface area contributed by atoms with Crippen molar-refractivity contribution in [3.63, 3.8) is 0 Å². The molecule has 1 aromatic heterocycles. The second-order valence-corrected chi connectivity index (χ2v) is 6.06. The molecule has 1 aromatic carbocycles. The summed E-state index contributed by atoms with van der Waals surface area (Å²) in [5.41, 5.74) is 5.91. The molecule has 19 heavy (non-hydrogen) atoms. The highest BCUT2D eigenvalue weighted by Gasteiger charge is 2.23. The van der Waals surface area contributed by atoms with Crippen molar-refractivity contribution in [3.8, 4) is 11.3 Å². The van der Waals surface area contributed by atoms with Gasteiger partial charge in [0.25, 0.3) is 0 Å². The molecule has 0 aliphatic carbocycles. The number of rotatable bonds is 2. The van der Waals surface area contributed by atoms with Crippen molar-refractivity contribution in [2.24, 2.45) is 0 Å². The standard InChI is InChI=1S/C15H18BrN3/c1-9-5-6-10(2)11(8-9)14-13(16)15(19-18-14)12-4-3-7-17-12/h5-6,8,12,17H,3-4,7H2,1-2H3,(H,18,19). The Morgan fingerprint density at radius 3 is 2.89 bits per heavy atom. The first-order chi connectivity index (χ1) is 9.16. The molecule has 2 aromatic rings. The third-order valence-electron chi connectivity index (χ3n) is 3.79. The molecule has 0 saturated carbocycles. The molecule has 0 bridgehead atoms. The average molecular weight is 320 g/mol. The van der Waals surface area contributed by atoms with Crippen molar-refractivity contribution in [1.29, 1.82) is 0 Å². The van der Waals surface area contributed by atoms with E-state index >= 15 is 0 Å². The van der Waals surface area contributed by atoms with Gasteiger partial charge in [-0.15, -0.1) is 0 Å². The summed E-state index contributed by atoms with van der Waals surface area (Å²) in [5, 5.41) is 11.2. The number of hydrogen-bond donors (Lipinski definition) is 2. The summed E-state index contributed by atoms with van der Waals surface area (Å²) in [6.07, 6.45) is 2.40. The van der Waals surface area contributed by atoms with Crippen LogP contribution in [0.2, 0.25) is 0 Å². The van der Waals surface area contributed by atoms with Gasteiger partial charge in [-0.3, -0.25) is 5.10 Å². The molecule has 4 heteroatoms. The van der Waals surface area contributed by atoms with E-state index in [1.165, 1.54) is 35.2 Å². The van der Waals surface area contributed by atoms with Crippen LogP contribution in [0.1, 0.15) is 35.7 Å². The van der Waals surface area contributed by atoms with Crippen LogP contribution in [0.5, 0.6) is 0 Å². The quantitative estimate of drug-likeness (QED) is 0.881. The monoisotopic (exact) mass is 319 g/mol. The van der Waals surface area contributed by atoms with Crippen molar-refractivity contribution >= 4 is 15.9 Å². The zero-order valence-corrected chi connectivity index (χ0v) is 12.8. The van der Waals surface area contributed by atoms with E-state index in [4.69, 9.17) is 0 Å². The molecule has 1 saturated heterocycles. The van der Waals surface area contributed by atoms with Crippen molar-refractivity contribution in [3.05, 3.63) is 39.5 Å². The normalized spacial score (nSPS) is 19.0. The van der Waals surface area contributed by atoms with E-state index in [1.807, 2.05) is 0 Å². The molecule has 0 spiro atoms. The molecule has 1 aliphatic heterocycles. The number of H-pyrrole nitrogens is 1. The van der Waals surface area contributed by atoms with Gasteiger partial charge in [-0.1, -0.05) is 17.7 Å². The molecule has 1 unspecified atom stereocenters. The Labute approximate surface area is 121 Å². The molecule has 3 nitrogen and oxygen atoms in total. The Balaban J connectivity index is 2.04. The first-order valence-electron chi connectivity index (χ1n) is 6.71. The maximum atomic E-state index is 4.52. The van der Waals surface area contributed by atoms with E-state index < -0.39 is 0 Å². The van der Waals surface area contributed by atoms with Gasteiger partial charge in [-0.05, 0) is 60.8 Å². The Morgan fingerprint density at radius 2 is 2.16 bits per heavy atom. The fraction of sp³-hybridized carbons (Fsp3) is 0.400. The number of aryl methyl sites for hydroxylation is 2. The van der Waals surface area contributed by atoms with E-state index in [2.05, 4.69) is 63.5 Å². The number of hydrogen-bond acceptors (Lipinski definition) is 2. The topological polar surface area (TPSA) is 40.7 Å². The molecule has 100 valence electrons. The summed E-state index contributed by atoms with van der Waals surface area (Å²) in [4.78, 5) is 0. The molecule has 1 aliphatic rings. The van der Waals surface area contributed by atoms with Crippen molar-refractivity contribution in [2.45, 2.75) is 32.7 Å². The second-order valence-electron chi connectivity index (χ2n) is 5.27. The van der Waals surface area contributed by atoms with Gasteiger partial charge in [-0.2, -0.15) is 5.10 Å². The Bertz CT molecular complexity index is 597. The van der Waals surface area contributed by atoms with Crippen LogP contribution in [0.15, 0.2) is 22.7 Å². The molecular formula is C15H18BrN3. The Morgan fingerprint density at radius 1 is 1.32 bits per heavy atom. The van der Waals surface area contributed by atoms with Crippen LogP contribution in [0.4, 0.5) is 0 Å². The second kappa shape index (κ2) is 5.10. The van der Waals surface area contributed by atoms with Gasteiger partial charge in [0, 0.05) is 5.56 Å². The minimum absolute atomic E-state index is 0.403. The van der Waals surface area contributed by atoms with Crippen LogP contribution >= 0.6 is 15.9 Å². The lowest BCUT2D eigenvalue weighted by Crippen LogP contribution is -2.13. The summed E-state index contributed by atoms with van der Waals surface area (Å²) in [6.45, 7) is 5.33. The van der Waals surface area contributed by atoms with Crippen molar-refractivity contribution < 1.29 is 0 Å². The van der Waals surface area contributed by atoms with E-state index in [9.17, 15) is 0 Å². The molecule has 0 radical (unpaired) electrons. The highest BCUT2D eigenvalue weighted by Crippen LogP contribution is 2.36. The Kier molecular flexibility index (Phi) is 3.46. The number of aromatic amines is 1. The van der Waals surface area contributed by atoms with E-state index in [1.54, 1.807) is 0 Å². The minimum atomic E-state index is 0.403. The van der Waals surface area contributed by atoms with Crippen LogP contribution in [-0.4, -0.2) is 16.7 Å². The first kappa shape index (κ1) is 12.9. The predicted molar refractivity (Wildman–Crippen MR) is 81.2 cm³/mol. The van der Waals surface area contributed by atoms with Gasteiger partial charge < -0.3 is 5.32 Å². The summed E-state index contributed by atoms with van der Waals surface area (Å²) >= 11 is 3.72. The number of halogens is 1. The molecule has 1 atom stereocenters. The number of nitrogens with zero attached hydrogens (tertiary/aromatic N) is 1. The van der Waals surface area contributed by atoms with Crippen molar-refractivity contribution in [1.82, 2.24) is 15.5 Å². The number of nitrogens with one attached hydrogen (secondary N) is 2. The van der Waals surface area contributed by atoms with E-state index in [0.717, 1.165) is 16.7 Å². The van der Waals surface area contributed by atoms with Gasteiger partial charge in [0.15, 0.2) is 0 Å². The molecule has 3 rings (SSSR count). The number of benzene rings is 1. The average Bonchev–Trinajstić information content (AvgIpc) is 3.01. The maximum absolute atomic E-state index is 4.52. The SMILES string of the molecule is Cc1ccc(C)c(-c2n[nH]c(C3CCCN3)c2Br)c1. The lowest BCUT2D eigenvalue weighted by atomic mass is 10.0. The highest BCUT2D eigenvalue weighted by atomic mass is 79.9. The van der Waals surface area contributed by atoms with Gasteiger partial charge >= 0.3 is 0 Å². The molecule has 0 amide bonds. The summed E-state index contributed by atoms with van der Waals surface area (Å²) < 4.78 is 1.10. The van der Waals surface area contributed by atoms with Crippen LogP contribution < -0.4 is 5.32 Å². The smallest absolute Gasteiger partial charge is 0.107 e. The fourth-order valence-electron chi connectivity index (χ4n) is 2.67. The van der Waals surface area contributed by atoms with Gasteiger partial charge in [0.2, 0.25) is 0 Å². The minimum Gasteiger partial charge on any atom is -0.309 e. The van der Waals surface area contributed by atoms with Gasteiger partial charge in [0.05, 0.1) is 16.2 Å². The van der Waals surface area contributed by atoms with Gasteiger partial charge in [-0.25, -0.2) is 0 Å². The van der Waals surface area contributed by atoms with Crippen LogP contribution in [0.3, 0.4) is 0 Å². The van der Waals surface area contributed by atoms with E-state index in [-0.39, 0.29) is 0 Å². The van der Waals surface area contributed by atoms with Crippen LogP contribution in [0.25, 0.3) is 11.3 Å². The molecule has 2 N–H and O–H groups in total. The largest absolute Gasteiger partial charge is 0.309 e. The van der Waals surface area contributed by atoms with Crippen LogP contribution in [-0.2, 0) is 0 Å². The predicted octanol–water partition coefficient (Wildman–Crippen LogP) is 3.88. The fourth-order valence-corrected chi connectivity index (χ4v) is 3.34. The summed E-state index contributed by atoms with van der Waals surface area (Å²) in [7, 11) is 0.